The van der Waals surface area contributed by atoms with Gasteiger partial charge in [0.1, 0.15) is 0 Å². The van der Waals surface area contributed by atoms with Crippen molar-refractivity contribution in [1.82, 2.24) is 0 Å². The first-order chi connectivity index (χ1) is 8.81. The lowest BCUT2D eigenvalue weighted by Crippen LogP contribution is -2.14. The van der Waals surface area contributed by atoms with Crippen LogP contribution in [0.5, 0.6) is 5.75 Å². The lowest BCUT2D eigenvalue weighted by molar-refractivity contribution is 0.272. The minimum Gasteiger partial charge on any atom is -0.490 e. The maximum Gasteiger partial charge on any atom is 0.165 e. The van der Waals surface area contributed by atoms with Crippen LogP contribution in [-0.2, 0) is 0 Å². The van der Waals surface area contributed by atoms with Gasteiger partial charge in [-0.25, -0.2) is 4.39 Å². The molecule has 96 valence electrons. The van der Waals surface area contributed by atoms with Gasteiger partial charge in [0.2, 0.25) is 0 Å². The number of rotatable bonds is 6. The molecule has 1 aromatic heterocycles. The molecule has 1 heterocycles. The Balaban J connectivity index is 2.00. The molecular weight excluding hydrogens is 249 g/mol. The predicted molar refractivity (Wildman–Crippen MR) is 72.6 cm³/mol. The molecule has 0 aliphatic rings. The third-order valence-electron chi connectivity index (χ3n) is 2.74. The summed E-state index contributed by atoms with van der Waals surface area (Å²) >= 11 is 1.68. The van der Waals surface area contributed by atoms with Crippen LogP contribution in [0, 0.1) is 5.82 Å². The normalized spacial score (nSPS) is 12.3. The lowest BCUT2D eigenvalue weighted by Gasteiger charge is -2.15. The Labute approximate surface area is 110 Å². The fourth-order valence-electron chi connectivity index (χ4n) is 1.78. The first-order valence-corrected chi connectivity index (χ1v) is 6.80. The number of halogens is 1. The Morgan fingerprint density at radius 2 is 2.06 bits per heavy atom. The van der Waals surface area contributed by atoms with Gasteiger partial charge in [-0.2, -0.15) is 0 Å². The minimum absolute atomic E-state index is 0.231. The van der Waals surface area contributed by atoms with Gasteiger partial charge in [-0.05, 0) is 36.5 Å². The van der Waals surface area contributed by atoms with Gasteiger partial charge in [-0.3, -0.25) is 0 Å². The average Bonchev–Trinajstić information content (AvgIpc) is 2.90. The molecule has 0 saturated heterocycles. The zero-order chi connectivity index (χ0) is 12.8. The van der Waals surface area contributed by atoms with Crippen LogP contribution in [0.25, 0.3) is 0 Å². The molecule has 0 aliphatic carbocycles. The maximum atomic E-state index is 13.4. The van der Waals surface area contributed by atoms with Crippen molar-refractivity contribution in [2.75, 3.05) is 13.2 Å². The molecular formula is C14H16FNOS. The average molecular weight is 265 g/mol. The molecule has 1 aromatic carbocycles. The molecule has 4 heteroatoms. The van der Waals surface area contributed by atoms with E-state index in [1.807, 2.05) is 11.4 Å². The molecule has 0 bridgehead atoms. The Morgan fingerprint density at radius 1 is 1.22 bits per heavy atom. The van der Waals surface area contributed by atoms with Crippen LogP contribution < -0.4 is 10.5 Å². The van der Waals surface area contributed by atoms with Crippen molar-refractivity contribution in [2.45, 2.75) is 12.3 Å². The van der Waals surface area contributed by atoms with Gasteiger partial charge in [0.05, 0.1) is 6.61 Å². The highest BCUT2D eigenvalue weighted by Gasteiger charge is 2.13. The Morgan fingerprint density at radius 3 is 2.72 bits per heavy atom. The van der Waals surface area contributed by atoms with Crippen molar-refractivity contribution in [3.8, 4) is 5.75 Å². The molecule has 0 amide bonds. The first-order valence-electron chi connectivity index (χ1n) is 5.92. The van der Waals surface area contributed by atoms with Crippen LogP contribution in [0.1, 0.15) is 17.2 Å². The highest BCUT2D eigenvalue weighted by atomic mass is 32.1. The molecule has 0 aliphatic heterocycles. The Kier molecular flexibility index (Phi) is 4.73. The summed E-state index contributed by atoms with van der Waals surface area (Å²) in [5.41, 5.74) is 5.61. The molecule has 2 aromatic rings. The smallest absolute Gasteiger partial charge is 0.165 e. The van der Waals surface area contributed by atoms with Crippen molar-refractivity contribution in [1.29, 1.82) is 0 Å². The first kappa shape index (κ1) is 13.1. The van der Waals surface area contributed by atoms with E-state index in [1.54, 1.807) is 29.5 Å². The van der Waals surface area contributed by atoms with Crippen molar-refractivity contribution >= 4 is 11.3 Å². The van der Waals surface area contributed by atoms with E-state index < -0.39 is 0 Å². The van der Waals surface area contributed by atoms with Gasteiger partial charge < -0.3 is 10.5 Å². The number of para-hydroxylation sites is 1. The van der Waals surface area contributed by atoms with Gasteiger partial charge in [-0.15, -0.1) is 11.3 Å². The summed E-state index contributed by atoms with van der Waals surface area (Å²) in [6.07, 6.45) is 0.842. The van der Waals surface area contributed by atoms with Crippen LogP contribution >= 0.6 is 11.3 Å². The van der Waals surface area contributed by atoms with Crippen LogP contribution in [0.2, 0.25) is 0 Å². The van der Waals surface area contributed by atoms with Gasteiger partial charge >= 0.3 is 0 Å². The number of thiophene rings is 1. The highest BCUT2D eigenvalue weighted by Crippen LogP contribution is 2.26. The van der Waals surface area contributed by atoms with Crippen LogP contribution in [0.3, 0.4) is 0 Å². The van der Waals surface area contributed by atoms with Gasteiger partial charge in [0.15, 0.2) is 11.6 Å². The molecule has 1 atom stereocenters. The molecule has 2 N–H and O–H groups in total. The third-order valence-corrected chi connectivity index (χ3v) is 3.77. The van der Waals surface area contributed by atoms with Gasteiger partial charge in [-0.1, -0.05) is 18.2 Å². The van der Waals surface area contributed by atoms with E-state index in [2.05, 4.69) is 6.07 Å². The van der Waals surface area contributed by atoms with Crippen molar-refractivity contribution in [3.63, 3.8) is 0 Å². The zero-order valence-electron chi connectivity index (χ0n) is 10.0. The zero-order valence-corrected chi connectivity index (χ0v) is 10.8. The number of nitrogens with two attached hydrogens (primary N) is 1. The molecule has 0 radical (unpaired) electrons. The van der Waals surface area contributed by atoms with Crippen molar-refractivity contribution in [2.24, 2.45) is 5.73 Å². The van der Waals surface area contributed by atoms with E-state index >= 15 is 0 Å². The van der Waals surface area contributed by atoms with Gasteiger partial charge in [0.25, 0.3) is 0 Å². The second-order valence-electron chi connectivity index (χ2n) is 4.03. The number of hydrogen-bond acceptors (Lipinski definition) is 3. The Bertz CT molecular complexity index is 472. The highest BCUT2D eigenvalue weighted by molar-refractivity contribution is 7.10. The van der Waals surface area contributed by atoms with Crippen molar-refractivity contribution in [3.05, 3.63) is 52.5 Å². The van der Waals surface area contributed by atoms with E-state index in [1.165, 1.54) is 10.9 Å². The summed E-state index contributed by atoms with van der Waals surface area (Å²) < 4.78 is 19.0. The summed E-state index contributed by atoms with van der Waals surface area (Å²) in [5.74, 6) is 0.209. The maximum absolute atomic E-state index is 13.4. The SMILES string of the molecule is NCCC(COc1ccccc1F)c1cccs1. The summed E-state index contributed by atoms with van der Waals surface area (Å²) in [5, 5.41) is 2.03. The van der Waals surface area contributed by atoms with Crippen LogP contribution in [-0.4, -0.2) is 13.2 Å². The van der Waals surface area contributed by atoms with E-state index in [0.717, 1.165) is 6.42 Å². The Hall–Kier alpha value is -1.39. The summed E-state index contributed by atoms with van der Waals surface area (Å²) in [7, 11) is 0. The molecule has 0 saturated carbocycles. The second kappa shape index (κ2) is 6.52. The fourth-order valence-corrected chi connectivity index (χ4v) is 2.63. The standard InChI is InChI=1S/C14H16FNOS/c15-12-4-1-2-5-13(12)17-10-11(7-8-16)14-6-3-9-18-14/h1-6,9,11H,7-8,10,16H2. The second-order valence-corrected chi connectivity index (χ2v) is 5.01. The summed E-state index contributed by atoms with van der Waals surface area (Å²) in [4.78, 5) is 1.23. The van der Waals surface area contributed by atoms with Crippen LogP contribution in [0.4, 0.5) is 4.39 Å². The number of hydrogen-bond donors (Lipinski definition) is 1. The lowest BCUT2D eigenvalue weighted by atomic mass is 10.1. The third kappa shape index (κ3) is 3.31. The van der Waals surface area contributed by atoms with Gasteiger partial charge in [0, 0.05) is 10.8 Å². The summed E-state index contributed by atoms with van der Waals surface area (Å²) in [6.45, 7) is 1.06. The largest absolute Gasteiger partial charge is 0.490 e. The van der Waals surface area contributed by atoms with E-state index in [0.29, 0.717) is 18.9 Å². The topological polar surface area (TPSA) is 35.2 Å². The van der Waals surface area contributed by atoms with E-state index in [4.69, 9.17) is 10.5 Å². The molecule has 0 fully saturated rings. The molecule has 1 unspecified atom stereocenters. The number of benzene rings is 1. The monoisotopic (exact) mass is 265 g/mol. The van der Waals surface area contributed by atoms with E-state index in [9.17, 15) is 4.39 Å². The molecule has 2 nitrogen and oxygen atoms in total. The van der Waals surface area contributed by atoms with Crippen LogP contribution in [0.15, 0.2) is 41.8 Å². The minimum atomic E-state index is -0.324. The molecule has 18 heavy (non-hydrogen) atoms. The van der Waals surface area contributed by atoms with E-state index in [-0.39, 0.29) is 11.7 Å². The predicted octanol–water partition coefficient (Wildman–Crippen LogP) is 3.40. The quantitative estimate of drug-likeness (QED) is 0.868. The van der Waals surface area contributed by atoms with Crippen molar-refractivity contribution < 1.29 is 9.13 Å². The molecule has 0 spiro atoms. The molecule has 2 rings (SSSR count). The summed E-state index contributed by atoms with van der Waals surface area (Å²) in [6, 6.07) is 10.5. The number of ether oxygens (including phenoxy) is 1. The fraction of sp³-hybridized carbons (Fsp3) is 0.286.